The smallest absolute Gasteiger partial charge is 0.472 e. The average molecular weight is 1920 g/mol. The van der Waals surface area contributed by atoms with E-state index in [0.29, 0.717) is 76.7 Å². The zero-order valence-corrected chi connectivity index (χ0v) is 77.3. The third-order valence-electron chi connectivity index (χ3n) is 25.0. The number of fused-ring (bicyclic) bond motifs is 12. The Hall–Kier alpha value is -13.3. The number of carbonyl (C=O) groups is 18. The van der Waals surface area contributed by atoms with Crippen molar-refractivity contribution in [1.29, 1.82) is 0 Å². The number of phenolic OH excluding ortho intramolecular Hbond substituents is 1. The second kappa shape index (κ2) is 48.2. The summed E-state index contributed by atoms with van der Waals surface area (Å²) >= 11 is 0.767. The lowest BCUT2D eigenvalue weighted by molar-refractivity contribution is -0.149. The molecule has 41 nitrogen and oxygen atoms in total. The molecule has 3 saturated heterocycles. The van der Waals surface area contributed by atoms with E-state index in [0.717, 1.165) is 31.4 Å². The molecule has 1 saturated carbocycles. The number of hydrogen-bond acceptors (Lipinski definition) is 23. The number of H-pyrrole nitrogens is 2. The number of ketones is 1. The maximum absolute atomic E-state index is 15.7. The van der Waals surface area contributed by atoms with E-state index in [-0.39, 0.29) is 74.6 Å². The lowest BCUT2D eigenvalue weighted by Crippen LogP contribution is -2.61. The highest BCUT2D eigenvalue weighted by Gasteiger charge is 2.48. The molecule has 4 fully saturated rings. The molecule has 1 unspecified atom stereocenters. The number of primary amides is 1. The molecule has 0 spiro atoms. The second-order valence-corrected chi connectivity index (χ2v) is 35.8. The van der Waals surface area contributed by atoms with Gasteiger partial charge in [0, 0.05) is 131 Å². The van der Waals surface area contributed by atoms with Gasteiger partial charge in [-0.25, -0.2) is 4.98 Å². The summed E-state index contributed by atoms with van der Waals surface area (Å²) in [5.74, 6) is -22.5. The van der Waals surface area contributed by atoms with E-state index in [2.05, 4.69) is 73.4 Å². The molecule has 6 heterocycles. The van der Waals surface area contributed by atoms with E-state index in [9.17, 15) is 71.6 Å². The summed E-state index contributed by atoms with van der Waals surface area (Å²) in [6.45, 7) is 3.50. The number of Topliss-reactive ketones (excluding diaryl/α,β-unsaturated/α-hetero) is 1. The summed E-state index contributed by atoms with van der Waals surface area (Å²) in [7, 11) is 3.88. The van der Waals surface area contributed by atoms with Gasteiger partial charge in [-0.2, -0.15) is 13.2 Å². The molecule has 2 bridgehead atoms. The normalized spacial score (nSPS) is 26.1. The Bertz CT molecular complexity index is 5380. The van der Waals surface area contributed by atoms with Crippen LogP contribution in [0.15, 0.2) is 97.7 Å². The standard InChI is InChI=1S/C91H119F3N20O21S/c1-8-10-25-70-84(129)101-48(3)77(122)109-69(80(125)99-41-73(95)118)45-136-46-75(120)102-66(34-50-27-29-54(116)30-28-50)86(131)110(5)49(4)78(123)103-62-24-17-33-96-74(119)32-31-63(104-82(127)65(105-79(124)59-21-16-20-58(59)76(62)121)37-53-42-113(47-100-53)90(135)91(92,93)94)88(133)114-43-55(117)38-72(114)85(130)106-64(35-51-39-97-60-22-14-12-18-56(51)60)81(126)108-68(44-115)83(128)107-67(36-52-40-98-61-23-15-13-19-57(52)61)87(132)112(7)71(26-11-9-2)89(134)111(70)6/h12-15,18-19,22-23,27-30,39-40,42,47-49,55,58-59,62-72,97-98,115-117H,8-11,16-17,20-21,24-26,31-38,41,43-46H2,1-7H3,(H2,95,118)(H,96,119)(H,99,125)(H,101,129)(H,102,120)(H,103,123)(H,104,127)(H,105,124)(H,106,130)(H,107,128)(H,108,126)(H,109,122)/t48-,49-,55+,58?,59+,62+,63+,64-,65-,66-,67-,68-,69-,70-,71-,72-/m0/s1. The highest BCUT2D eigenvalue weighted by molar-refractivity contribution is 8.00. The molecule has 16 atom stereocenters. The van der Waals surface area contributed by atoms with Gasteiger partial charge in [0.15, 0.2) is 5.78 Å². The molecule has 10 rings (SSSR count). The van der Waals surface area contributed by atoms with E-state index in [1.165, 1.54) is 65.5 Å². The van der Waals surface area contributed by atoms with Crippen molar-refractivity contribution in [2.45, 2.75) is 234 Å². The fourth-order valence-electron chi connectivity index (χ4n) is 17.2. The van der Waals surface area contributed by atoms with Crippen molar-refractivity contribution in [2.75, 3.05) is 58.9 Å². The first-order valence-corrected chi connectivity index (χ1v) is 46.4. The summed E-state index contributed by atoms with van der Waals surface area (Å²) in [4.78, 5) is 278. The van der Waals surface area contributed by atoms with E-state index in [1.807, 2.05) is 13.8 Å². The Balaban J connectivity index is 1.03. The number of thioether (sulfide) groups is 1. The Morgan fingerprint density at radius 3 is 1.78 bits per heavy atom. The van der Waals surface area contributed by atoms with Crippen molar-refractivity contribution >= 4 is 140 Å². The summed E-state index contributed by atoms with van der Waals surface area (Å²) < 4.78 is 41.8. The van der Waals surface area contributed by atoms with Crippen LogP contribution in [0.4, 0.5) is 13.2 Å². The van der Waals surface area contributed by atoms with Gasteiger partial charge in [-0.05, 0) is 99.7 Å². The summed E-state index contributed by atoms with van der Waals surface area (Å²) in [6, 6.07) is -1.86. The number of amides is 16. The number of nitrogens with two attached hydrogens (primary N) is 1. The highest BCUT2D eigenvalue weighted by Crippen LogP contribution is 2.35. The van der Waals surface area contributed by atoms with Crippen LogP contribution >= 0.6 is 11.8 Å². The Labute approximate surface area is 784 Å². The lowest BCUT2D eigenvalue weighted by atomic mass is 9.86. The number of aliphatic hydroxyl groups is 2. The molecular formula is C91H119F3N20O21S. The van der Waals surface area contributed by atoms with Crippen LogP contribution in [-0.4, -0.2) is 310 Å². The van der Waals surface area contributed by atoms with E-state index < -0.39 is 278 Å². The Morgan fingerprint density at radius 1 is 0.574 bits per heavy atom. The van der Waals surface area contributed by atoms with Crippen LogP contribution < -0.4 is 64.2 Å². The number of aromatic nitrogens is 4. The first kappa shape index (κ1) is 105. The number of phenols is 1. The second-order valence-electron chi connectivity index (χ2n) is 34.8. The van der Waals surface area contributed by atoms with Crippen molar-refractivity contribution < 1.29 is 115 Å². The van der Waals surface area contributed by atoms with Crippen LogP contribution in [0.2, 0.25) is 0 Å². The summed E-state index contributed by atoms with van der Waals surface area (Å²) in [5.41, 5.74) is 7.46. The van der Waals surface area contributed by atoms with Crippen LogP contribution in [0.5, 0.6) is 5.75 Å². The maximum atomic E-state index is 15.7. The van der Waals surface area contributed by atoms with Gasteiger partial charge in [0.2, 0.25) is 94.5 Å². The van der Waals surface area contributed by atoms with Crippen molar-refractivity contribution in [2.24, 2.45) is 17.6 Å². The molecule has 1 aliphatic carbocycles. The molecule has 4 aliphatic rings. The van der Waals surface area contributed by atoms with Crippen LogP contribution in [0.3, 0.4) is 0 Å². The van der Waals surface area contributed by atoms with Crippen LogP contribution in [0, 0.1) is 11.8 Å². The van der Waals surface area contributed by atoms with E-state index >= 15 is 43.2 Å². The van der Waals surface area contributed by atoms with Gasteiger partial charge in [0.05, 0.1) is 36.7 Å². The fourth-order valence-corrected chi connectivity index (χ4v) is 18.0. The Morgan fingerprint density at radius 2 is 1.14 bits per heavy atom. The first-order chi connectivity index (χ1) is 64.7. The van der Waals surface area contributed by atoms with Crippen LogP contribution in [0.25, 0.3) is 21.8 Å². The number of hydrogen-bond donors (Lipinski definition) is 17. The number of halogens is 3. The van der Waals surface area contributed by atoms with Crippen molar-refractivity contribution in [3.63, 3.8) is 0 Å². The summed E-state index contributed by atoms with van der Waals surface area (Å²) in [5, 5.41) is 62.7. The first-order valence-electron chi connectivity index (χ1n) is 45.3. The summed E-state index contributed by atoms with van der Waals surface area (Å²) in [6.07, 6.45) is -4.79. The van der Waals surface area contributed by atoms with Gasteiger partial charge >= 0.3 is 12.1 Å². The lowest BCUT2D eigenvalue weighted by Gasteiger charge is -2.36. The number of benzene rings is 3. The number of aliphatic hydroxyl groups excluding tert-OH is 2. The molecule has 18 N–H and O–H groups in total. The third kappa shape index (κ3) is 27.5. The van der Waals surface area contributed by atoms with Crippen molar-refractivity contribution in [3.05, 3.63) is 120 Å². The SMILES string of the molecule is CCCC[C@H]1C(=O)N(C)[C@@H](CCCC)C(=O)N[C@@H](C)C(=O)N[C@H](C(=O)NCC(N)=O)CSCC(=O)N[C@@H](Cc2ccc(O)cc2)C(=O)N(C)[C@@H](C)C(=O)N[C@@H]2CCCNC(=O)CC[C@@H](NC(=O)[C@H](Cc3cn(C(=O)C(F)(F)F)cn3)NC(=O)[C@@H]3CCCC3C2=O)C(=O)N2C[C@H](O)C[C@H]2C(=O)N[C@@H](Cc2c[nH]c3ccccc23)C(=O)N[C@@H](CO)C(=O)N[C@@H](Cc2c[nH]c3ccccc23)C(=O)N1C. The van der Waals surface area contributed by atoms with E-state index in [4.69, 9.17) is 5.73 Å². The van der Waals surface area contributed by atoms with E-state index in [1.54, 1.807) is 54.7 Å². The van der Waals surface area contributed by atoms with Gasteiger partial charge in [0.25, 0.3) is 0 Å². The molecular weight excluding hydrogens is 1800 g/mol. The predicted molar refractivity (Wildman–Crippen MR) is 486 cm³/mol. The number of likely N-dealkylation sites (N-methyl/N-ethyl adjacent to an activating group) is 3. The molecule has 3 aromatic carbocycles. The number of para-hydroxylation sites is 2. The maximum Gasteiger partial charge on any atom is 0.472 e. The fraction of sp³-hybridized carbons (Fsp3) is 0.527. The largest absolute Gasteiger partial charge is 0.508 e. The number of alkyl halides is 3. The average Bonchev–Trinajstić information content (AvgIpc) is 1.53. The van der Waals surface area contributed by atoms with Gasteiger partial charge in [-0.15, -0.1) is 11.8 Å². The zero-order chi connectivity index (χ0) is 99.1. The number of carbonyl (C=O) groups excluding carboxylic acids is 18. The van der Waals surface area contributed by atoms with Crippen LogP contribution in [0.1, 0.15) is 145 Å². The molecule has 136 heavy (non-hydrogen) atoms. The molecule has 6 aromatic rings. The Kier molecular flexibility index (Phi) is 37.1. The van der Waals surface area contributed by atoms with Crippen molar-refractivity contribution in [1.82, 2.24) is 97.6 Å². The minimum atomic E-state index is -5.44. The number of unbranched alkanes of at least 4 members (excludes halogenated alkanes) is 2. The zero-order valence-electron chi connectivity index (χ0n) is 76.4. The molecule has 16 amide bonds. The number of aromatic amines is 2. The number of nitrogens with one attached hydrogen (secondary N) is 13. The number of aromatic hydroxyl groups is 1. The molecule has 45 heteroatoms. The highest BCUT2D eigenvalue weighted by atomic mass is 32.2. The predicted octanol–water partition coefficient (Wildman–Crippen LogP) is -0.733. The number of nitrogens with zero attached hydrogens (tertiary/aromatic N) is 6. The van der Waals surface area contributed by atoms with Gasteiger partial charge in [-0.3, -0.25) is 90.9 Å². The van der Waals surface area contributed by atoms with Gasteiger partial charge in [-0.1, -0.05) is 94.5 Å². The number of rotatable bonds is 18. The topological polar surface area (TPSA) is 589 Å². The quantitative estimate of drug-likeness (QED) is 0.0504. The van der Waals surface area contributed by atoms with Crippen molar-refractivity contribution in [3.8, 4) is 5.75 Å². The molecule has 0 radical (unpaired) electrons. The monoisotopic (exact) mass is 1920 g/mol. The van der Waals surface area contributed by atoms with Gasteiger partial charge < -0.3 is 109 Å². The molecule has 3 aromatic heterocycles. The molecule has 736 valence electrons. The minimum Gasteiger partial charge on any atom is -0.508 e. The minimum absolute atomic E-state index is 0.00175. The molecule has 3 aliphatic heterocycles. The third-order valence-corrected chi connectivity index (χ3v) is 26.0. The number of imidazole rings is 1. The van der Waals surface area contributed by atoms with Crippen LogP contribution in [-0.2, 0) is 107 Å². The van der Waals surface area contributed by atoms with Gasteiger partial charge in [0.1, 0.15) is 84.6 Å².